The maximum Gasteiger partial charge on any atom is 0.229 e. The van der Waals surface area contributed by atoms with Gasteiger partial charge in [-0.3, -0.25) is 4.79 Å². The van der Waals surface area contributed by atoms with Crippen molar-refractivity contribution in [2.75, 3.05) is 18.1 Å². The topological polar surface area (TPSA) is 55.1 Å². The number of amides is 1. The summed E-state index contributed by atoms with van der Waals surface area (Å²) in [5.41, 5.74) is 5.60. The van der Waals surface area contributed by atoms with Crippen molar-refractivity contribution < 1.29 is 4.79 Å². The molecule has 0 bridgehead atoms. The van der Waals surface area contributed by atoms with E-state index >= 15 is 0 Å². The first-order valence-corrected chi connectivity index (χ1v) is 7.86. The van der Waals surface area contributed by atoms with Crippen LogP contribution in [0.5, 0.6) is 0 Å². The molecular formula is C12H22N2OS2. The molecular weight excluding hydrogens is 252 g/mol. The molecule has 1 atom stereocenters. The molecule has 0 spiro atoms. The lowest BCUT2D eigenvalue weighted by atomic mass is 10.0. The number of carbonyl (C=O) groups excluding carboxylic acids is 1. The van der Waals surface area contributed by atoms with Crippen molar-refractivity contribution >= 4 is 34.9 Å². The van der Waals surface area contributed by atoms with Crippen LogP contribution in [0.15, 0.2) is 0 Å². The minimum Gasteiger partial charge on any atom is -0.393 e. The third-order valence-corrected chi connectivity index (χ3v) is 4.48. The number of hydrogen-bond donors (Lipinski definition) is 2. The van der Waals surface area contributed by atoms with Crippen molar-refractivity contribution in [3.63, 3.8) is 0 Å². The second-order valence-electron chi connectivity index (χ2n) is 4.54. The van der Waals surface area contributed by atoms with Crippen LogP contribution in [0.4, 0.5) is 0 Å². The summed E-state index contributed by atoms with van der Waals surface area (Å²) < 4.78 is 0. The van der Waals surface area contributed by atoms with E-state index in [2.05, 4.69) is 5.32 Å². The van der Waals surface area contributed by atoms with Gasteiger partial charge < -0.3 is 11.1 Å². The monoisotopic (exact) mass is 274 g/mol. The summed E-state index contributed by atoms with van der Waals surface area (Å²) in [5, 5.41) is 3.00. The summed E-state index contributed by atoms with van der Waals surface area (Å²) in [6.07, 6.45) is 4.09. The molecule has 1 amide bonds. The van der Waals surface area contributed by atoms with Crippen LogP contribution in [0.2, 0.25) is 0 Å². The number of thiocarbonyl (C=S) groups is 1. The summed E-state index contributed by atoms with van der Waals surface area (Å²) in [7, 11) is 0. The zero-order chi connectivity index (χ0) is 12.7. The molecule has 98 valence electrons. The highest BCUT2D eigenvalue weighted by atomic mass is 32.2. The second kappa shape index (κ2) is 7.93. The molecule has 0 radical (unpaired) electrons. The van der Waals surface area contributed by atoms with Crippen LogP contribution in [0, 0.1) is 11.8 Å². The number of rotatable bonds is 6. The van der Waals surface area contributed by atoms with Crippen molar-refractivity contribution in [2.24, 2.45) is 17.6 Å². The maximum absolute atomic E-state index is 11.9. The Bertz CT molecular complexity index is 265. The molecule has 1 unspecified atom stereocenters. The molecule has 1 saturated heterocycles. The van der Waals surface area contributed by atoms with Gasteiger partial charge in [0.1, 0.15) is 0 Å². The van der Waals surface area contributed by atoms with Gasteiger partial charge in [-0.05, 0) is 36.7 Å². The molecule has 0 aromatic carbocycles. The van der Waals surface area contributed by atoms with Crippen LogP contribution in [-0.4, -0.2) is 28.9 Å². The van der Waals surface area contributed by atoms with Gasteiger partial charge in [0, 0.05) is 6.54 Å². The van der Waals surface area contributed by atoms with Gasteiger partial charge in [0.25, 0.3) is 0 Å². The number of nitrogens with two attached hydrogens (primary N) is 1. The molecule has 17 heavy (non-hydrogen) atoms. The Labute approximate surface area is 113 Å². The van der Waals surface area contributed by atoms with Crippen LogP contribution in [-0.2, 0) is 4.79 Å². The van der Waals surface area contributed by atoms with E-state index in [1.807, 2.05) is 18.7 Å². The Hall–Kier alpha value is -0.290. The lowest BCUT2D eigenvalue weighted by Crippen LogP contribution is -2.40. The molecule has 3 nitrogen and oxygen atoms in total. The van der Waals surface area contributed by atoms with Gasteiger partial charge in [0.2, 0.25) is 5.91 Å². The number of hydrogen-bond acceptors (Lipinski definition) is 3. The Morgan fingerprint density at radius 3 is 2.71 bits per heavy atom. The van der Waals surface area contributed by atoms with Gasteiger partial charge in [0.15, 0.2) is 0 Å². The van der Waals surface area contributed by atoms with Crippen molar-refractivity contribution in [3.8, 4) is 0 Å². The number of carbonyl (C=O) groups is 1. The average Bonchev–Trinajstić information content (AvgIpc) is 2.34. The fraction of sp³-hybridized carbons (Fsp3) is 0.833. The van der Waals surface area contributed by atoms with E-state index in [0.29, 0.717) is 10.9 Å². The van der Waals surface area contributed by atoms with Gasteiger partial charge in [0.05, 0.1) is 10.9 Å². The van der Waals surface area contributed by atoms with E-state index in [0.717, 1.165) is 19.4 Å². The maximum atomic E-state index is 11.9. The summed E-state index contributed by atoms with van der Waals surface area (Å²) >= 11 is 6.94. The molecule has 1 aliphatic rings. The Kier molecular flexibility index (Phi) is 6.89. The van der Waals surface area contributed by atoms with Crippen LogP contribution >= 0.6 is 24.0 Å². The third kappa shape index (κ3) is 5.25. The fourth-order valence-corrected chi connectivity index (χ4v) is 3.44. The first kappa shape index (κ1) is 14.8. The summed E-state index contributed by atoms with van der Waals surface area (Å²) in [4.78, 5) is 12.3. The van der Waals surface area contributed by atoms with Crippen LogP contribution in [0.1, 0.15) is 32.6 Å². The summed E-state index contributed by atoms with van der Waals surface area (Å²) in [6.45, 7) is 2.82. The third-order valence-electron chi connectivity index (χ3n) is 3.14. The van der Waals surface area contributed by atoms with Gasteiger partial charge >= 0.3 is 0 Å². The van der Waals surface area contributed by atoms with Crippen molar-refractivity contribution in [1.82, 2.24) is 5.32 Å². The molecule has 1 rings (SSSR count). The quantitative estimate of drug-likeness (QED) is 0.727. The molecule has 0 saturated carbocycles. The Morgan fingerprint density at radius 1 is 1.53 bits per heavy atom. The summed E-state index contributed by atoms with van der Waals surface area (Å²) in [5.74, 6) is 2.79. The normalized spacial score (nSPS) is 18.6. The molecule has 1 heterocycles. The standard InChI is InChI=1S/C12H22N2OS2/c1-2-3-10(11(13)16)12(15)14-8-9-4-6-17-7-5-9/h9-10H,2-8H2,1H3,(H2,13,16)(H,14,15). The van der Waals surface area contributed by atoms with Gasteiger partial charge in [-0.2, -0.15) is 11.8 Å². The molecule has 0 aliphatic carbocycles. The molecule has 0 aromatic heterocycles. The van der Waals surface area contributed by atoms with Gasteiger partial charge in [-0.25, -0.2) is 0 Å². The van der Waals surface area contributed by atoms with Gasteiger partial charge in [-0.1, -0.05) is 25.6 Å². The van der Waals surface area contributed by atoms with Crippen molar-refractivity contribution in [3.05, 3.63) is 0 Å². The second-order valence-corrected chi connectivity index (χ2v) is 6.24. The first-order valence-electron chi connectivity index (χ1n) is 6.30. The molecule has 0 aromatic rings. The Balaban J connectivity index is 2.33. The highest BCUT2D eigenvalue weighted by molar-refractivity contribution is 7.99. The molecule has 3 N–H and O–H groups in total. The fourth-order valence-electron chi connectivity index (χ4n) is 2.01. The number of thioether (sulfide) groups is 1. The summed E-state index contributed by atoms with van der Waals surface area (Å²) in [6, 6.07) is 0. The van der Waals surface area contributed by atoms with E-state index in [1.165, 1.54) is 24.3 Å². The molecule has 1 aliphatic heterocycles. The highest BCUT2D eigenvalue weighted by Crippen LogP contribution is 2.22. The van der Waals surface area contributed by atoms with E-state index in [-0.39, 0.29) is 11.8 Å². The van der Waals surface area contributed by atoms with Crippen LogP contribution in [0.25, 0.3) is 0 Å². The van der Waals surface area contributed by atoms with Gasteiger partial charge in [-0.15, -0.1) is 0 Å². The molecule has 1 fully saturated rings. The smallest absolute Gasteiger partial charge is 0.229 e. The van der Waals surface area contributed by atoms with Crippen LogP contribution in [0.3, 0.4) is 0 Å². The zero-order valence-corrected chi connectivity index (χ0v) is 12.0. The predicted molar refractivity (Wildman–Crippen MR) is 78.2 cm³/mol. The predicted octanol–water partition coefficient (Wildman–Crippen LogP) is 1.95. The highest BCUT2D eigenvalue weighted by Gasteiger charge is 2.21. The number of nitrogens with one attached hydrogen (secondary N) is 1. The zero-order valence-electron chi connectivity index (χ0n) is 10.4. The minimum atomic E-state index is -0.284. The van der Waals surface area contributed by atoms with E-state index < -0.39 is 0 Å². The lowest BCUT2D eigenvalue weighted by Gasteiger charge is -2.23. The van der Waals surface area contributed by atoms with Crippen LogP contribution < -0.4 is 11.1 Å². The first-order chi connectivity index (χ1) is 8.15. The van der Waals surface area contributed by atoms with Crippen molar-refractivity contribution in [2.45, 2.75) is 32.6 Å². The van der Waals surface area contributed by atoms with E-state index in [9.17, 15) is 4.79 Å². The largest absolute Gasteiger partial charge is 0.393 e. The Morgan fingerprint density at radius 2 is 2.18 bits per heavy atom. The average molecular weight is 274 g/mol. The van der Waals surface area contributed by atoms with E-state index in [1.54, 1.807) is 0 Å². The van der Waals surface area contributed by atoms with Crippen molar-refractivity contribution in [1.29, 1.82) is 0 Å². The SMILES string of the molecule is CCCC(C(=O)NCC1CCSCC1)C(N)=S. The molecule has 5 heteroatoms. The minimum absolute atomic E-state index is 0.0116. The lowest BCUT2D eigenvalue weighted by molar-refractivity contribution is -0.123. The van der Waals surface area contributed by atoms with E-state index in [4.69, 9.17) is 18.0 Å².